The van der Waals surface area contributed by atoms with Gasteiger partial charge >= 0.3 is 0 Å². The Bertz CT molecular complexity index is 1750. The van der Waals surface area contributed by atoms with Crippen molar-refractivity contribution >= 4 is 58.5 Å². The third-order valence-corrected chi connectivity index (χ3v) is 9.55. The van der Waals surface area contributed by atoms with Crippen LogP contribution in [0.3, 0.4) is 0 Å². The lowest BCUT2D eigenvalue weighted by Crippen LogP contribution is -2.49. The number of benzene rings is 1. The van der Waals surface area contributed by atoms with E-state index < -0.39 is 35.0 Å². The molecule has 2 atom stereocenters. The largest absolute Gasteiger partial charge is 0.489 e. The van der Waals surface area contributed by atoms with Gasteiger partial charge in [-0.25, -0.2) is 14.4 Å². The summed E-state index contributed by atoms with van der Waals surface area (Å²) >= 11 is 19.0. The molecule has 14 heteroatoms. The predicted molar refractivity (Wildman–Crippen MR) is 165 cm³/mol. The summed E-state index contributed by atoms with van der Waals surface area (Å²) in [6, 6.07) is 6.07. The zero-order valence-corrected chi connectivity index (χ0v) is 25.7. The van der Waals surface area contributed by atoms with Gasteiger partial charge in [-0.2, -0.15) is 0 Å². The zero-order chi connectivity index (χ0) is 31.6. The minimum atomic E-state index is -2.33. The monoisotopic (exact) mass is 660 g/mol. The van der Waals surface area contributed by atoms with Crippen LogP contribution in [-0.4, -0.2) is 58.0 Å². The van der Waals surface area contributed by atoms with Crippen LogP contribution in [0.5, 0.6) is 5.75 Å². The van der Waals surface area contributed by atoms with E-state index in [1.165, 1.54) is 30.5 Å². The number of pyridine rings is 2. The molecule has 10 nitrogen and oxygen atoms in total. The molecule has 0 unspecified atom stereocenters. The van der Waals surface area contributed by atoms with Gasteiger partial charge in [-0.15, -0.1) is 0 Å². The highest BCUT2D eigenvalue weighted by Crippen LogP contribution is 2.55. The Kier molecular flexibility index (Phi) is 7.51. The number of hydrogen-bond acceptors (Lipinski definition) is 8. The number of anilines is 1. The molecule has 6 N–H and O–H groups in total. The van der Waals surface area contributed by atoms with E-state index in [1.54, 1.807) is 13.1 Å². The van der Waals surface area contributed by atoms with Crippen LogP contribution < -0.4 is 21.5 Å². The molecule has 2 fully saturated rings. The molecule has 3 heterocycles. The van der Waals surface area contributed by atoms with Gasteiger partial charge in [-0.3, -0.25) is 14.6 Å². The highest BCUT2D eigenvalue weighted by molar-refractivity contribution is 6.43. The van der Waals surface area contributed by atoms with Gasteiger partial charge in [0, 0.05) is 34.7 Å². The topological polar surface area (TPSA) is 166 Å². The molecule has 0 spiro atoms. The van der Waals surface area contributed by atoms with Crippen LogP contribution in [0.25, 0.3) is 11.3 Å². The lowest BCUT2D eigenvalue weighted by atomic mass is 9.81. The molecule has 2 saturated carbocycles. The van der Waals surface area contributed by atoms with Crippen molar-refractivity contribution in [1.29, 1.82) is 0 Å². The van der Waals surface area contributed by atoms with Gasteiger partial charge in [0.05, 0.1) is 34.0 Å². The number of nitrogens with one attached hydrogen (secondary N) is 1. The van der Waals surface area contributed by atoms with E-state index in [0.717, 1.165) is 12.8 Å². The van der Waals surface area contributed by atoms with Crippen molar-refractivity contribution in [2.24, 2.45) is 10.7 Å². The van der Waals surface area contributed by atoms with Crippen LogP contribution in [0.2, 0.25) is 15.2 Å². The maximum atomic E-state index is 16.2. The fraction of sp³-hybridized carbons (Fsp3) is 0.367. The number of aliphatic imine (C=N–C) groups is 1. The Hall–Kier alpha value is -3.51. The first-order valence-corrected chi connectivity index (χ1v) is 15.0. The molecule has 2 aliphatic carbocycles. The van der Waals surface area contributed by atoms with E-state index in [0.29, 0.717) is 5.56 Å². The fourth-order valence-electron chi connectivity index (χ4n) is 5.18. The molecule has 2 aromatic heterocycles. The van der Waals surface area contributed by atoms with Crippen molar-refractivity contribution in [3.63, 3.8) is 0 Å². The van der Waals surface area contributed by atoms with Gasteiger partial charge in [0.2, 0.25) is 5.91 Å². The number of alkyl halides is 1. The van der Waals surface area contributed by atoms with Gasteiger partial charge in [0.1, 0.15) is 34.3 Å². The molecule has 3 aliphatic rings. The molecule has 0 radical (unpaired) electrons. The molecule has 1 aliphatic heterocycles. The van der Waals surface area contributed by atoms with Crippen molar-refractivity contribution < 1.29 is 23.8 Å². The average Bonchev–Trinajstić information content (AvgIpc) is 3.93. The molecule has 0 bridgehead atoms. The summed E-state index contributed by atoms with van der Waals surface area (Å²) in [7, 11) is 0. The summed E-state index contributed by atoms with van der Waals surface area (Å²) in [5.74, 6) is -1.14. The number of carbonyl (C=O) groups is 2. The summed E-state index contributed by atoms with van der Waals surface area (Å²) in [5, 5.41) is 14.9. The van der Waals surface area contributed by atoms with Crippen molar-refractivity contribution in [3.05, 3.63) is 68.0 Å². The summed E-state index contributed by atoms with van der Waals surface area (Å²) < 4.78 is 22.0. The van der Waals surface area contributed by atoms with Crippen LogP contribution in [-0.2, 0) is 15.8 Å². The minimum absolute atomic E-state index is 0.00831. The molecule has 44 heavy (non-hydrogen) atoms. The highest BCUT2D eigenvalue weighted by atomic mass is 35.5. The molecular formula is C30H28Cl3FN6O4. The summed E-state index contributed by atoms with van der Waals surface area (Å²) in [6.45, 7) is 0.889. The molecule has 3 aromatic rings. The second kappa shape index (κ2) is 10.8. The molecule has 2 amide bonds. The number of ether oxygens (including phenoxy) is 1. The SMILES string of the molecule is C[C@]1(C(N)=O)COc2c1cc([C@@](O)(CNC(=O)c1cc(Cl)c(N)c(C=NC3CC3)c1)C1(F)CC1)nc2-c1ccnc(Cl)c1Cl. The highest BCUT2D eigenvalue weighted by Gasteiger charge is 2.62. The first-order chi connectivity index (χ1) is 20.8. The van der Waals surface area contributed by atoms with Gasteiger partial charge in [0.15, 0.2) is 5.60 Å². The first kappa shape index (κ1) is 30.5. The number of nitrogens with two attached hydrogens (primary N) is 2. The van der Waals surface area contributed by atoms with Crippen molar-refractivity contribution in [3.8, 4) is 17.0 Å². The van der Waals surface area contributed by atoms with Gasteiger partial charge in [0.25, 0.3) is 5.91 Å². The molecule has 0 saturated heterocycles. The summed E-state index contributed by atoms with van der Waals surface area (Å²) in [5.41, 5.74) is 7.47. The third-order valence-electron chi connectivity index (χ3n) is 8.47. The molecule has 6 rings (SSSR count). The lowest BCUT2D eigenvalue weighted by molar-refractivity contribution is -0.123. The van der Waals surface area contributed by atoms with Crippen LogP contribution in [0, 0.1) is 0 Å². The maximum Gasteiger partial charge on any atom is 0.251 e. The van der Waals surface area contributed by atoms with E-state index in [2.05, 4.69) is 20.3 Å². The minimum Gasteiger partial charge on any atom is -0.489 e. The van der Waals surface area contributed by atoms with Crippen molar-refractivity contribution in [2.45, 2.75) is 55.3 Å². The van der Waals surface area contributed by atoms with Gasteiger partial charge in [-0.05, 0) is 56.9 Å². The number of hydrogen-bond donors (Lipinski definition) is 4. The Morgan fingerprint density at radius 2 is 2.00 bits per heavy atom. The number of primary amides is 1. The van der Waals surface area contributed by atoms with E-state index in [-0.39, 0.29) is 80.2 Å². The van der Waals surface area contributed by atoms with E-state index in [9.17, 15) is 14.7 Å². The number of aliphatic hydroxyl groups is 1. The number of nitrogens with zero attached hydrogens (tertiary/aromatic N) is 3. The number of halogens is 4. The second-order valence-electron chi connectivity index (χ2n) is 11.7. The maximum absolute atomic E-state index is 16.2. The first-order valence-electron chi connectivity index (χ1n) is 13.9. The van der Waals surface area contributed by atoms with E-state index in [4.69, 9.17) is 51.0 Å². The van der Waals surface area contributed by atoms with Gasteiger partial charge in [-0.1, -0.05) is 34.8 Å². The fourth-order valence-corrected chi connectivity index (χ4v) is 5.77. The number of carbonyl (C=O) groups excluding carboxylic acids is 2. The number of aromatic nitrogens is 2. The Morgan fingerprint density at radius 3 is 2.66 bits per heavy atom. The van der Waals surface area contributed by atoms with Crippen LogP contribution in [0.15, 0.2) is 35.5 Å². The normalized spacial score (nSPS) is 21.4. The average molecular weight is 662 g/mol. The number of fused-ring (bicyclic) bond motifs is 1. The standard InChI is InChI=1S/C30H28Cl3FN6O4/c1-28(27(36)42)13-44-24-18(28)10-20(40-23(24)17-4-7-37-25(33)21(17)32)30(43,29(34)5-6-29)12-39-26(41)14-8-15(11-38-16-2-3-16)22(35)19(31)9-14/h4,7-11,16,43H,2-3,5-6,12-13,35H2,1H3,(H2,36,42)(H,39,41)/t28-,30-/m0/s1. The number of nitrogen functional groups attached to an aromatic ring is 1. The molecule has 1 aromatic carbocycles. The van der Waals surface area contributed by atoms with Crippen LogP contribution >= 0.6 is 34.8 Å². The van der Waals surface area contributed by atoms with E-state index in [1.807, 2.05) is 0 Å². The Labute approximate surface area is 267 Å². The van der Waals surface area contributed by atoms with Gasteiger partial charge < -0.3 is 26.6 Å². The van der Waals surface area contributed by atoms with Crippen LogP contribution in [0.4, 0.5) is 10.1 Å². The molecule has 230 valence electrons. The Morgan fingerprint density at radius 1 is 1.27 bits per heavy atom. The smallest absolute Gasteiger partial charge is 0.251 e. The molecular weight excluding hydrogens is 634 g/mol. The number of amides is 2. The summed E-state index contributed by atoms with van der Waals surface area (Å²) in [6.07, 6.45) is 4.96. The second-order valence-corrected chi connectivity index (χ2v) is 12.8. The predicted octanol–water partition coefficient (Wildman–Crippen LogP) is 4.52. The zero-order valence-electron chi connectivity index (χ0n) is 23.5. The summed E-state index contributed by atoms with van der Waals surface area (Å²) in [4.78, 5) is 39.0. The van der Waals surface area contributed by atoms with Crippen molar-refractivity contribution in [1.82, 2.24) is 15.3 Å². The lowest BCUT2D eigenvalue weighted by Gasteiger charge is -2.33. The van der Waals surface area contributed by atoms with E-state index >= 15 is 4.39 Å². The third kappa shape index (κ3) is 5.15. The Balaban J connectivity index is 1.41. The number of rotatable bonds is 9. The van der Waals surface area contributed by atoms with Crippen molar-refractivity contribution in [2.75, 3.05) is 18.9 Å². The quantitative estimate of drug-likeness (QED) is 0.149. The van der Waals surface area contributed by atoms with Crippen LogP contribution in [0.1, 0.15) is 59.8 Å².